The summed E-state index contributed by atoms with van der Waals surface area (Å²) in [5.41, 5.74) is -3.60. The Balaban J connectivity index is 2.52. The van der Waals surface area contributed by atoms with Crippen LogP contribution >= 0.6 is 0 Å². The number of rotatable bonds is 2. The van der Waals surface area contributed by atoms with E-state index in [-0.39, 0.29) is 12.1 Å². The fourth-order valence-corrected chi connectivity index (χ4v) is 2.34. The minimum Gasteiger partial charge on any atom is -0.315 e. The number of ketones is 1. The lowest BCUT2D eigenvalue weighted by Crippen LogP contribution is -2.47. The number of halogens is 5. The van der Waals surface area contributed by atoms with Crippen LogP contribution in [0.4, 0.5) is 22.0 Å². The van der Waals surface area contributed by atoms with Gasteiger partial charge in [0.1, 0.15) is 5.41 Å². The van der Waals surface area contributed by atoms with Crippen LogP contribution < -0.4 is 5.32 Å². The van der Waals surface area contributed by atoms with E-state index >= 15 is 0 Å². The molecule has 1 aromatic carbocycles. The zero-order chi connectivity index (χ0) is 15.1. The molecule has 1 aromatic rings. The summed E-state index contributed by atoms with van der Waals surface area (Å²) in [6, 6.07) is 2.00. The summed E-state index contributed by atoms with van der Waals surface area (Å²) in [5, 5.41) is 2.46. The van der Waals surface area contributed by atoms with E-state index in [0.717, 1.165) is 12.1 Å². The number of benzene rings is 1. The summed E-state index contributed by atoms with van der Waals surface area (Å²) in [4.78, 5) is 12.1. The van der Waals surface area contributed by atoms with E-state index in [4.69, 9.17) is 0 Å². The molecule has 2 rings (SSSR count). The Morgan fingerprint density at radius 3 is 2.40 bits per heavy atom. The lowest BCUT2D eigenvalue weighted by molar-refractivity contribution is -0.197. The summed E-state index contributed by atoms with van der Waals surface area (Å²) < 4.78 is 66.7. The number of hydrogen-bond acceptors (Lipinski definition) is 2. The standard InChI is InChI=1S/C13H12F5NO/c1-7-2-3-8(10(15)9(7)14)11(20)12(13(16,17)18)4-5-19-6-12/h2-3,19H,4-6H2,1H3. The van der Waals surface area contributed by atoms with Gasteiger partial charge in [0.25, 0.3) is 0 Å². The second-order valence-electron chi connectivity index (χ2n) is 4.89. The van der Waals surface area contributed by atoms with Crippen LogP contribution in [0.5, 0.6) is 0 Å². The first-order chi connectivity index (χ1) is 9.21. The fraction of sp³-hybridized carbons (Fsp3) is 0.462. The van der Waals surface area contributed by atoms with Gasteiger partial charge in [-0.3, -0.25) is 4.79 Å². The summed E-state index contributed by atoms with van der Waals surface area (Å²) in [7, 11) is 0. The molecule has 0 bridgehead atoms. The van der Waals surface area contributed by atoms with Crippen LogP contribution in [0, 0.1) is 24.0 Å². The van der Waals surface area contributed by atoms with Crippen molar-refractivity contribution in [3.63, 3.8) is 0 Å². The molecule has 1 N–H and O–H groups in total. The molecule has 0 amide bonds. The largest absolute Gasteiger partial charge is 0.402 e. The van der Waals surface area contributed by atoms with Crippen molar-refractivity contribution in [3.8, 4) is 0 Å². The van der Waals surface area contributed by atoms with E-state index in [1.54, 1.807) is 0 Å². The number of carbonyl (C=O) groups is 1. The second kappa shape index (κ2) is 4.80. The highest BCUT2D eigenvalue weighted by atomic mass is 19.4. The second-order valence-corrected chi connectivity index (χ2v) is 4.89. The molecular formula is C13H12F5NO. The molecule has 1 atom stereocenters. The van der Waals surface area contributed by atoms with Gasteiger partial charge in [-0.2, -0.15) is 13.2 Å². The van der Waals surface area contributed by atoms with Crippen molar-refractivity contribution in [2.75, 3.05) is 13.1 Å². The highest BCUT2D eigenvalue weighted by Gasteiger charge is 2.61. The Bertz CT molecular complexity index is 546. The molecule has 20 heavy (non-hydrogen) atoms. The van der Waals surface area contributed by atoms with E-state index in [2.05, 4.69) is 5.32 Å². The van der Waals surface area contributed by atoms with Crippen molar-refractivity contribution in [2.24, 2.45) is 5.41 Å². The van der Waals surface area contributed by atoms with E-state index < -0.39 is 47.5 Å². The van der Waals surface area contributed by atoms with Gasteiger partial charge in [-0.15, -0.1) is 0 Å². The fourth-order valence-electron chi connectivity index (χ4n) is 2.34. The molecule has 0 aromatic heterocycles. The SMILES string of the molecule is Cc1ccc(C(=O)C2(C(F)(F)F)CCNC2)c(F)c1F. The van der Waals surface area contributed by atoms with Gasteiger partial charge in [0.05, 0.1) is 5.56 Å². The number of Topliss-reactive ketones (excluding diaryl/α,β-unsaturated/α-hetero) is 1. The molecule has 7 heteroatoms. The third-order valence-corrected chi connectivity index (χ3v) is 3.65. The lowest BCUT2D eigenvalue weighted by Gasteiger charge is -2.29. The molecule has 1 aliphatic rings. The molecule has 1 heterocycles. The molecule has 0 radical (unpaired) electrons. The van der Waals surface area contributed by atoms with Crippen molar-refractivity contribution in [1.29, 1.82) is 0 Å². The van der Waals surface area contributed by atoms with E-state index in [1.807, 2.05) is 0 Å². The highest BCUT2D eigenvalue weighted by Crippen LogP contribution is 2.45. The number of nitrogens with one attached hydrogen (secondary N) is 1. The molecule has 1 unspecified atom stereocenters. The van der Waals surface area contributed by atoms with Crippen LogP contribution in [0.3, 0.4) is 0 Å². The van der Waals surface area contributed by atoms with Gasteiger partial charge >= 0.3 is 6.18 Å². The zero-order valence-electron chi connectivity index (χ0n) is 10.6. The normalized spacial score (nSPS) is 23.1. The smallest absolute Gasteiger partial charge is 0.315 e. The van der Waals surface area contributed by atoms with Crippen LogP contribution in [-0.4, -0.2) is 25.0 Å². The van der Waals surface area contributed by atoms with Crippen molar-refractivity contribution in [1.82, 2.24) is 5.32 Å². The van der Waals surface area contributed by atoms with Gasteiger partial charge in [0.2, 0.25) is 0 Å². The van der Waals surface area contributed by atoms with Gasteiger partial charge in [-0.1, -0.05) is 6.07 Å². The molecule has 0 saturated carbocycles. The molecule has 0 spiro atoms. The molecule has 1 fully saturated rings. The predicted molar refractivity (Wildman–Crippen MR) is 61.4 cm³/mol. The van der Waals surface area contributed by atoms with Gasteiger partial charge in [0, 0.05) is 6.54 Å². The van der Waals surface area contributed by atoms with Crippen molar-refractivity contribution < 1.29 is 26.7 Å². The Morgan fingerprint density at radius 1 is 1.25 bits per heavy atom. The predicted octanol–water partition coefficient (Wildman–Crippen LogP) is 3.00. The first kappa shape index (κ1) is 14.9. The molecule has 0 aliphatic carbocycles. The van der Waals surface area contributed by atoms with Crippen LogP contribution in [0.15, 0.2) is 12.1 Å². The van der Waals surface area contributed by atoms with E-state index in [9.17, 15) is 26.7 Å². The molecular weight excluding hydrogens is 281 g/mol. The number of alkyl halides is 3. The van der Waals surface area contributed by atoms with Crippen LogP contribution in [-0.2, 0) is 0 Å². The average molecular weight is 293 g/mol. The van der Waals surface area contributed by atoms with Crippen LogP contribution in [0.1, 0.15) is 22.3 Å². The topological polar surface area (TPSA) is 29.1 Å². The summed E-state index contributed by atoms with van der Waals surface area (Å²) >= 11 is 0. The average Bonchev–Trinajstić information content (AvgIpc) is 2.85. The Kier molecular flexibility index (Phi) is 3.58. The lowest BCUT2D eigenvalue weighted by atomic mass is 9.78. The van der Waals surface area contributed by atoms with Crippen LogP contribution in [0.25, 0.3) is 0 Å². The minimum absolute atomic E-state index is 0.00120. The van der Waals surface area contributed by atoms with Gasteiger partial charge in [-0.25, -0.2) is 8.78 Å². The number of aryl methyl sites for hydroxylation is 1. The maximum Gasteiger partial charge on any atom is 0.402 e. The monoisotopic (exact) mass is 293 g/mol. The third kappa shape index (κ3) is 2.09. The van der Waals surface area contributed by atoms with E-state index in [0.29, 0.717) is 0 Å². The molecule has 2 nitrogen and oxygen atoms in total. The maximum atomic E-state index is 13.7. The molecule has 1 aliphatic heterocycles. The Hall–Kier alpha value is -1.50. The highest BCUT2D eigenvalue weighted by molar-refractivity contribution is 6.01. The first-order valence-electron chi connectivity index (χ1n) is 5.97. The quantitative estimate of drug-likeness (QED) is 0.671. The number of hydrogen-bond donors (Lipinski definition) is 1. The Morgan fingerprint density at radius 2 is 1.90 bits per heavy atom. The minimum atomic E-state index is -4.82. The zero-order valence-corrected chi connectivity index (χ0v) is 10.6. The third-order valence-electron chi connectivity index (χ3n) is 3.65. The first-order valence-corrected chi connectivity index (χ1v) is 5.97. The van der Waals surface area contributed by atoms with Gasteiger partial charge in [-0.05, 0) is 31.5 Å². The molecule has 1 saturated heterocycles. The maximum absolute atomic E-state index is 13.7. The van der Waals surface area contributed by atoms with Gasteiger partial charge in [0.15, 0.2) is 17.4 Å². The van der Waals surface area contributed by atoms with E-state index in [1.165, 1.54) is 6.92 Å². The number of carbonyl (C=O) groups excluding carboxylic acids is 1. The Labute approximate surface area is 112 Å². The summed E-state index contributed by atoms with van der Waals surface area (Å²) in [5.74, 6) is -4.24. The summed E-state index contributed by atoms with van der Waals surface area (Å²) in [6.07, 6.45) is -5.30. The van der Waals surface area contributed by atoms with Gasteiger partial charge < -0.3 is 5.32 Å². The van der Waals surface area contributed by atoms with Crippen molar-refractivity contribution in [2.45, 2.75) is 19.5 Å². The van der Waals surface area contributed by atoms with Crippen molar-refractivity contribution >= 4 is 5.78 Å². The summed E-state index contributed by atoms with van der Waals surface area (Å²) in [6.45, 7) is 0.648. The van der Waals surface area contributed by atoms with Crippen molar-refractivity contribution in [3.05, 3.63) is 34.9 Å². The van der Waals surface area contributed by atoms with Crippen LogP contribution in [0.2, 0.25) is 0 Å². The molecule has 110 valence electrons.